The van der Waals surface area contributed by atoms with Crippen LogP contribution in [0.15, 0.2) is 48.5 Å². The average molecular weight is 367 g/mol. The summed E-state index contributed by atoms with van der Waals surface area (Å²) in [7, 11) is 0. The predicted octanol–water partition coefficient (Wildman–Crippen LogP) is 5.05. The van der Waals surface area contributed by atoms with Gasteiger partial charge < -0.3 is 10.6 Å². The normalized spacial score (nSPS) is 10.5. The van der Waals surface area contributed by atoms with E-state index in [1.165, 1.54) is 0 Å². The number of amides is 1. The van der Waals surface area contributed by atoms with Gasteiger partial charge in [-0.3, -0.25) is 4.79 Å². The summed E-state index contributed by atoms with van der Waals surface area (Å²) >= 11 is 5.90. The minimum Gasteiger partial charge on any atom is -0.340 e. The highest BCUT2D eigenvalue weighted by Crippen LogP contribution is 2.21. The van der Waals surface area contributed by atoms with Gasteiger partial charge in [-0.1, -0.05) is 23.7 Å². The third-order valence-corrected chi connectivity index (χ3v) is 4.29. The van der Waals surface area contributed by atoms with Gasteiger partial charge in [-0.25, -0.2) is 9.97 Å². The van der Waals surface area contributed by atoms with Crippen molar-refractivity contribution in [3.05, 3.63) is 76.2 Å². The monoisotopic (exact) mass is 366 g/mol. The van der Waals surface area contributed by atoms with E-state index in [0.717, 1.165) is 22.5 Å². The first kappa shape index (κ1) is 17.9. The molecule has 1 amide bonds. The molecule has 0 aliphatic rings. The summed E-state index contributed by atoms with van der Waals surface area (Å²) < 4.78 is 0. The van der Waals surface area contributed by atoms with Gasteiger partial charge in [-0.2, -0.15) is 0 Å². The average Bonchev–Trinajstić information content (AvgIpc) is 2.60. The Morgan fingerprint density at radius 2 is 1.73 bits per heavy atom. The van der Waals surface area contributed by atoms with E-state index in [9.17, 15) is 4.79 Å². The number of aryl methyl sites for hydroxylation is 2. The van der Waals surface area contributed by atoms with E-state index in [-0.39, 0.29) is 5.91 Å². The Balaban J connectivity index is 1.83. The lowest BCUT2D eigenvalue weighted by atomic mass is 10.1. The standard InChI is InChI=1S/C20H19ClN4O/c1-12-5-4-6-17(13(12)2)25-20(26)18-11-19(23-14(3)22-18)24-16-9-7-15(21)8-10-16/h4-11H,1-3H3,(H,25,26)(H,22,23,24). The highest BCUT2D eigenvalue weighted by molar-refractivity contribution is 6.30. The molecule has 0 radical (unpaired) electrons. The van der Waals surface area contributed by atoms with Gasteiger partial charge in [0.15, 0.2) is 0 Å². The quantitative estimate of drug-likeness (QED) is 0.678. The van der Waals surface area contributed by atoms with E-state index in [4.69, 9.17) is 11.6 Å². The van der Waals surface area contributed by atoms with E-state index in [0.29, 0.717) is 22.4 Å². The first-order valence-corrected chi connectivity index (χ1v) is 8.56. The van der Waals surface area contributed by atoms with E-state index in [1.807, 2.05) is 44.2 Å². The Kier molecular flexibility index (Phi) is 5.19. The van der Waals surface area contributed by atoms with Crippen molar-refractivity contribution in [2.75, 3.05) is 10.6 Å². The molecule has 6 heteroatoms. The van der Waals surface area contributed by atoms with Gasteiger partial charge in [0.2, 0.25) is 0 Å². The van der Waals surface area contributed by atoms with Crippen LogP contribution in [0.5, 0.6) is 0 Å². The molecule has 26 heavy (non-hydrogen) atoms. The zero-order valence-corrected chi connectivity index (χ0v) is 15.6. The molecular formula is C20H19ClN4O. The summed E-state index contributed by atoms with van der Waals surface area (Å²) in [5.74, 6) is 0.782. The van der Waals surface area contributed by atoms with Crippen molar-refractivity contribution in [2.24, 2.45) is 0 Å². The number of rotatable bonds is 4. The summed E-state index contributed by atoms with van der Waals surface area (Å²) in [6.07, 6.45) is 0. The highest BCUT2D eigenvalue weighted by Gasteiger charge is 2.12. The third-order valence-electron chi connectivity index (χ3n) is 4.04. The van der Waals surface area contributed by atoms with E-state index in [1.54, 1.807) is 25.1 Å². The lowest BCUT2D eigenvalue weighted by Crippen LogP contribution is -2.16. The van der Waals surface area contributed by atoms with Crippen LogP contribution in [0.4, 0.5) is 17.2 Å². The topological polar surface area (TPSA) is 66.9 Å². The van der Waals surface area contributed by atoms with Gasteiger partial charge in [0, 0.05) is 22.5 Å². The van der Waals surface area contributed by atoms with Crippen molar-refractivity contribution in [3.8, 4) is 0 Å². The zero-order chi connectivity index (χ0) is 18.7. The second-order valence-corrected chi connectivity index (χ2v) is 6.46. The van der Waals surface area contributed by atoms with Crippen LogP contribution >= 0.6 is 11.6 Å². The number of aromatic nitrogens is 2. The van der Waals surface area contributed by atoms with Crippen LogP contribution in [-0.4, -0.2) is 15.9 Å². The molecule has 5 nitrogen and oxygen atoms in total. The van der Waals surface area contributed by atoms with Gasteiger partial charge in [0.25, 0.3) is 5.91 Å². The number of nitrogens with one attached hydrogen (secondary N) is 2. The summed E-state index contributed by atoms with van der Waals surface area (Å²) in [6.45, 7) is 5.74. The van der Waals surface area contributed by atoms with E-state index >= 15 is 0 Å². The molecule has 0 saturated carbocycles. The van der Waals surface area contributed by atoms with Crippen molar-refractivity contribution in [3.63, 3.8) is 0 Å². The molecule has 2 aromatic carbocycles. The van der Waals surface area contributed by atoms with E-state index < -0.39 is 0 Å². The molecule has 1 aromatic heterocycles. The molecule has 0 fully saturated rings. The first-order chi connectivity index (χ1) is 12.4. The maximum Gasteiger partial charge on any atom is 0.274 e. The largest absolute Gasteiger partial charge is 0.340 e. The summed E-state index contributed by atoms with van der Waals surface area (Å²) in [4.78, 5) is 21.2. The molecule has 0 aliphatic heterocycles. The van der Waals surface area contributed by atoms with Gasteiger partial charge in [-0.05, 0) is 62.2 Å². The maximum atomic E-state index is 12.6. The van der Waals surface area contributed by atoms with Crippen LogP contribution < -0.4 is 10.6 Å². The molecule has 1 heterocycles. The molecular weight excluding hydrogens is 348 g/mol. The van der Waals surface area contributed by atoms with Gasteiger partial charge in [-0.15, -0.1) is 0 Å². The fraction of sp³-hybridized carbons (Fsp3) is 0.150. The lowest BCUT2D eigenvalue weighted by molar-refractivity contribution is 0.102. The molecule has 0 bridgehead atoms. The number of benzene rings is 2. The van der Waals surface area contributed by atoms with Crippen LogP contribution in [-0.2, 0) is 0 Å². The molecule has 0 atom stereocenters. The molecule has 3 aromatic rings. The Morgan fingerprint density at radius 3 is 2.46 bits per heavy atom. The highest BCUT2D eigenvalue weighted by atomic mass is 35.5. The summed E-state index contributed by atoms with van der Waals surface area (Å²) in [5.41, 5.74) is 4.06. The number of nitrogens with zero attached hydrogens (tertiary/aromatic N) is 2. The van der Waals surface area contributed by atoms with Crippen LogP contribution in [0.3, 0.4) is 0 Å². The molecule has 3 rings (SSSR count). The Hall–Kier alpha value is -2.92. The Bertz CT molecular complexity index is 955. The van der Waals surface area contributed by atoms with Gasteiger partial charge in [0.05, 0.1) is 0 Å². The summed E-state index contributed by atoms with van der Waals surface area (Å²) in [6, 6.07) is 14.7. The molecule has 0 saturated heterocycles. The van der Waals surface area contributed by atoms with Crippen molar-refractivity contribution in [1.82, 2.24) is 9.97 Å². The fourth-order valence-electron chi connectivity index (χ4n) is 2.50. The third kappa shape index (κ3) is 4.18. The van der Waals surface area contributed by atoms with Crippen molar-refractivity contribution in [2.45, 2.75) is 20.8 Å². The van der Waals surface area contributed by atoms with Crippen LogP contribution in [0.25, 0.3) is 0 Å². The van der Waals surface area contributed by atoms with Crippen molar-refractivity contribution >= 4 is 34.7 Å². The lowest BCUT2D eigenvalue weighted by Gasteiger charge is -2.11. The Morgan fingerprint density at radius 1 is 1.00 bits per heavy atom. The minimum absolute atomic E-state index is 0.275. The second kappa shape index (κ2) is 7.54. The molecule has 132 valence electrons. The molecule has 2 N–H and O–H groups in total. The van der Waals surface area contributed by atoms with Crippen molar-refractivity contribution < 1.29 is 4.79 Å². The maximum absolute atomic E-state index is 12.6. The molecule has 0 spiro atoms. The number of hydrogen-bond acceptors (Lipinski definition) is 4. The first-order valence-electron chi connectivity index (χ1n) is 8.18. The molecule has 0 unspecified atom stereocenters. The summed E-state index contributed by atoms with van der Waals surface area (Å²) in [5, 5.41) is 6.74. The number of halogens is 1. The number of anilines is 3. The molecule has 0 aliphatic carbocycles. The number of carbonyl (C=O) groups excluding carboxylic acids is 1. The fourth-order valence-corrected chi connectivity index (χ4v) is 2.63. The number of hydrogen-bond donors (Lipinski definition) is 2. The predicted molar refractivity (Wildman–Crippen MR) is 105 cm³/mol. The zero-order valence-electron chi connectivity index (χ0n) is 14.8. The van der Waals surface area contributed by atoms with Crippen LogP contribution in [0, 0.1) is 20.8 Å². The van der Waals surface area contributed by atoms with Gasteiger partial charge in [0.1, 0.15) is 17.3 Å². The minimum atomic E-state index is -0.275. The SMILES string of the molecule is Cc1nc(Nc2ccc(Cl)cc2)cc(C(=O)Nc2cccc(C)c2C)n1. The van der Waals surface area contributed by atoms with Gasteiger partial charge >= 0.3 is 0 Å². The Labute approximate surface area is 157 Å². The van der Waals surface area contributed by atoms with Crippen molar-refractivity contribution in [1.29, 1.82) is 0 Å². The van der Waals surface area contributed by atoms with Crippen LogP contribution in [0.1, 0.15) is 27.4 Å². The van der Waals surface area contributed by atoms with Crippen LogP contribution in [0.2, 0.25) is 5.02 Å². The second-order valence-electron chi connectivity index (χ2n) is 6.02. The smallest absolute Gasteiger partial charge is 0.274 e. The number of carbonyl (C=O) groups is 1. The van der Waals surface area contributed by atoms with E-state index in [2.05, 4.69) is 20.6 Å².